The van der Waals surface area contributed by atoms with Crippen molar-refractivity contribution >= 4 is 0 Å². The molecule has 2 aromatic rings. The zero-order chi connectivity index (χ0) is 23.0. The third-order valence-corrected chi connectivity index (χ3v) is 4.63. The molecule has 31 heavy (non-hydrogen) atoms. The van der Waals surface area contributed by atoms with Crippen LogP contribution < -0.4 is 19.5 Å². The van der Waals surface area contributed by atoms with Crippen LogP contribution in [0, 0.1) is 11.8 Å². The van der Waals surface area contributed by atoms with Crippen molar-refractivity contribution in [1.29, 1.82) is 0 Å². The Hall–Kier alpha value is -2.36. The number of ether oxygens (including phenoxy) is 4. The van der Waals surface area contributed by atoms with Crippen molar-refractivity contribution in [2.24, 2.45) is 11.8 Å². The van der Waals surface area contributed by atoms with E-state index in [-0.39, 0.29) is 18.6 Å². The summed E-state index contributed by atoms with van der Waals surface area (Å²) in [7, 11) is 4.66. The van der Waals surface area contributed by atoms with Gasteiger partial charge in [-0.15, -0.1) is 0 Å². The Balaban J connectivity index is 2.15. The molecular weight excluding hydrogens is 402 g/mol. The molecule has 0 saturated heterocycles. The highest BCUT2D eigenvalue weighted by molar-refractivity contribution is 5.66. The summed E-state index contributed by atoms with van der Waals surface area (Å²) in [6.45, 7) is 9.47. The molecule has 0 bridgehead atoms. The lowest BCUT2D eigenvalue weighted by Gasteiger charge is -2.21. The quantitative estimate of drug-likeness (QED) is 0.489. The minimum Gasteiger partial charge on any atom is -0.493 e. The van der Waals surface area contributed by atoms with Crippen molar-refractivity contribution in [2.45, 2.75) is 39.8 Å². The molecule has 0 aliphatic carbocycles. The first-order chi connectivity index (χ1) is 14.8. The molecule has 1 aromatic heterocycles. The van der Waals surface area contributed by atoms with Gasteiger partial charge in [0.2, 0.25) is 17.5 Å². The maximum absolute atomic E-state index is 10.2. The van der Waals surface area contributed by atoms with E-state index in [1.165, 1.54) is 0 Å². The summed E-state index contributed by atoms with van der Waals surface area (Å²) < 4.78 is 27.2. The molecule has 0 radical (unpaired) electrons. The van der Waals surface area contributed by atoms with Gasteiger partial charge >= 0.3 is 0 Å². The average Bonchev–Trinajstić information content (AvgIpc) is 3.22. The highest BCUT2D eigenvalue weighted by atomic mass is 16.5. The molecule has 9 nitrogen and oxygen atoms in total. The molecule has 0 spiro atoms. The van der Waals surface area contributed by atoms with E-state index in [9.17, 15) is 5.11 Å². The normalized spacial score (nSPS) is 13.5. The SMILES string of the molecule is COc1cc(-c2noc([C@@H](NC[C@@H](O)COCC(C)C)C(C)C)n2)cc(OC)c1OC. The summed E-state index contributed by atoms with van der Waals surface area (Å²) in [5.74, 6) is 2.94. The van der Waals surface area contributed by atoms with E-state index >= 15 is 0 Å². The fourth-order valence-electron chi connectivity index (χ4n) is 3.06. The van der Waals surface area contributed by atoms with E-state index in [4.69, 9.17) is 23.5 Å². The van der Waals surface area contributed by atoms with Crippen LogP contribution in [0.1, 0.15) is 39.6 Å². The zero-order valence-electron chi connectivity index (χ0n) is 19.5. The molecule has 0 fully saturated rings. The number of aromatic nitrogens is 2. The number of methoxy groups -OCH3 is 3. The summed E-state index contributed by atoms with van der Waals surface area (Å²) in [6.07, 6.45) is -0.627. The Bertz CT molecular complexity index is 783. The van der Waals surface area contributed by atoms with Crippen LogP contribution >= 0.6 is 0 Å². The first-order valence-electron chi connectivity index (χ1n) is 10.4. The molecule has 0 unspecified atom stereocenters. The van der Waals surface area contributed by atoms with Crippen LogP contribution in [0.25, 0.3) is 11.4 Å². The third-order valence-electron chi connectivity index (χ3n) is 4.63. The van der Waals surface area contributed by atoms with Gasteiger partial charge in [0, 0.05) is 18.7 Å². The molecule has 1 heterocycles. The summed E-state index contributed by atoms with van der Waals surface area (Å²) >= 11 is 0. The van der Waals surface area contributed by atoms with Gasteiger partial charge in [-0.25, -0.2) is 0 Å². The Morgan fingerprint density at radius 3 is 2.16 bits per heavy atom. The predicted molar refractivity (Wildman–Crippen MR) is 117 cm³/mol. The second-order valence-corrected chi connectivity index (χ2v) is 8.09. The highest BCUT2D eigenvalue weighted by Crippen LogP contribution is 2.40. The Labute approximate surface area is 184 Å². The monoisotopic (exact) mass is 437 g/mol. The molecule has 1 aromatic carbocycles. The van der Waals surface area contributed by atoms with Crippen LogP contribution in [0.15, 0.2) is 16.7 Å². The van der Waals surface area contributed by atoms with Gasteiger partial charge in [-0.2, -0.15) is 4.98 Å². The summed E-state index contributed by atoms with van der Waals surface area (Å²) in [5.41, 5.74) is 0.675. The standard InChI is InChI=1S/C22H35N3O6/c1-13(2)11-30-12-16(26)10-23-19(14(3)4)22-24-21(25-31-22)15-8-17(27-5)20(29-7)18(9-15)28-6/h8-9,13-14,16,19,23,26H,10-12H2,1-7H3/t16-,19+/m1/s1. The zero-order valence-corrected chi connectivity index (χ0v) is 19.5. The van der Waals surface area contributed by atoms with E-state index in [0.717, 1.165) is 0 Å². The molecule has 2 rings (SSSR count). The van der Waals surface area contributed by atoms with Gasteiger partial charge in [-0.1, -0.05) is 32.9 Å². The average molecular weight is 438 g/mol. The van der Waals surface area contributed by atoms with Crippen molar-refractivity contribution in [3.05, 3.63) is 18.0 Å². The van der Waals surface area contributed by atoms with Crippen molar-refractivity contribution in [1.82, 2.24) is 15.5 Å². The lowest BCUT2D eigenvalue weighted by Crippen LogP contribution is -2.35. The molecule has 9 heteroatoms. The van der Waals surface area contributed by atoms with Crippen LogP contribution in [0.5, 0.6) is 17.2 Å². The minimum absolute atomic E-state index is 0.164. The second kappa shape index (κ2) is 11.9. The number of aliphatic hydroxyl groups excluding tert-OH is 1. The lowest BCUT2D eigenvalue weighted by atomic mass is 10.0. The maximum atomic E-state index is 10.2. The van der Waals surface area contributed by atoms with Gasteiger partial charge < -0.3 is 33.9 Å². The summed E-state index contributed by atoms with van der Waals surface area (Å²) in [4.78, 5) is 4.57. The van der Waals surface area contributed by atoms with E-state index in [0.29, 0.717) is 53.6 Å². The van der Waals surface area contributed by atoms with Gasteiger partial charge in [-0.3, -0.25) is 0 Å². The molecule has 0 saturated carbocycles. The minimum atomic E-state index is -0.627. The third kappa shape index (κ3) is 6.81. The molecule has 0 aliphatic rings. The highest BCUT2D eigenvalue weighted by Gasteiger charge is 2.24. The number of rotatable bonds is 13. The Kier molecular flexibility index (Phi) is 9.54. The van der Waals surface area contributed by atoms with Crippen molar-refractivity contribution in [2.75, 3.05) is 41.1 Å². The van der Waals surface area contributed by atoms with Crippen molar-refractivity contribution < 1.29 is 28.6 Å². The summed E-state index contributed by atoms with van der Waals surface area (Å²) in [5, 5.41) is 17.6. The molecule has 2 N–H and O–H groups in total. The summed E-state index contributed by atoms with van der Waals surface area (Å²) in [6, 6.07) is 3.32. The van der Waals surface area contributed by atoms with Crippen LogP contribution in [0.3, 0.4) is 0 Å². The molecular formula is C22H35N3O6. The molecule has 2 atom stereocenters. The van der Waals surface area contributed by atoms with Gasteiger partial charge in [-0.05, 0) is 24.0 Å². The fraction of sp³-hybridized carbons (Fsp3) is 0.636. The smallest absolute Gasteiger partial charge is 0.244 e. The molecule has 0 amide bonds. The topological polar surface area (TPSA) is 108 Å². The number of benzene rings is 1. The predicted octanol–water partition coefficient (Wildman–Crippen LogP) is 3.08. The Morgan fingerprint density at radius 2 is 1.65 bits per heavy atom. The number of nitrogens with one attached hydrogen (secondary N) is 1. The van der Waals surface area contributed by atoms with Gasteiger partial charge in [0.15, 0.2) is 11.5 Å². The second-order valence-electron chi connectivity index (χ2n) is 8.09. The number of aliphatic hydroxyl groups is 1. The maximum Gasteiger partial charge on any atom is 0.244 e. The fourth-order valence-corrected chi connectivity index (χ4v) is 3.06. The van der Waals surface area contributed by atoms with Crippen molar-refractivity contribution in [3.8, 4) is 28.6 Å². The van der Waals surface area contributed by atoms with Gasteiger partial charge in [0.05, 0.1) is 40.1 Å². The van der Waals surface area contributed by atoms with Crippen LogP contribution in [-0.4, -0.2) is 62.4 Å². The number of hydrogen-bond acceptors (Lipinski definition) is 9. The van der Waals surface area contributed by atoms with Crippen molar-refractivity contribution in [3.63, 3.8) is 0 Å². The number of hydrogen-bond donors (Lipinski definition) is 2. The largest absolute Gasteiger partial charge is 0.493 e. The van der Waals surface area contributed by atoms with E-state index in [1.54, 1.807) is 33.5 Å². The van der Waals surface area contributed by atoms with E-state index in [1.807, 2.05) is 13.8 Å². The van der Waals surface area contributed by atoms with E-state index in [2.05, 4.69) is 29.3 Å². The first-order valence-corrected chi connectivity index (χ1v) is 10.4. The lowest BCUT2D eigenvalue weighted by molar-refractivity contribution is 0.0237. The molecule has 0 aliphatic heterocycles. The first kappa shape index (κ1) is 24.9. The van der Waals surface area contributed by atoms with Gasteiger partial charge in [0.1, 0.15) is 0 Å². The Morgan fingerprint density at radius 1 is 1.00 bits per heavy atom. The van der Waals surface area contributed by atoms with Crippen LogP contribution in [-0.2, 0) is 4.74 Å². The molecule has 174 valence electrons. The van der Waals surface area contributed by atoms with Crippen LogP contribution in [0.2, 0.25) is 0 Å². The number of nitrogens with zero attached hydrogens (tertiary/aromatic N) is 2. The van der Waals surface area contributed by atoms with Crippen LogP contribution in [0.4, 0.5) is 0 Å². The van der Waals surface area contributed by atoms with Gasteiger partial charge in [0.25, 0.3) is 0 Å². The van der Waals surface area contributed by atoms with E-state index < -0.39 is 6.10 Å².